The van der Waals surface area contributed by atoms with E-state index in [1.54, 1.807) is 7.11 Å². The fourth-order valence-electron chi connectivity index (χ4n) is 3.72. The van der Waals surface area contributed by atoms with Crippen molar-refractivity contribution in [1.82, 2.24) is 14.7 Å². The maximum atomic E-state index is 5.84. The van der Waals surface area contributed by atoms with Gasteiger partial charge >= 0.3 is 0 Å². The first-order chi connectivity index (χ1) is 12.3. The Morgan fingerprint density at radius 3 is 1.80 bits per heavy atom. The maximum Gasteiger partial charge on any atom is 0.0595 e. The number of hydrogen-bond donors (Lipinski definition) is 0. The summed E-state index contributed by atoms with van der Waals surface area (Å²) in [6.07, 6.45) is 5.09. The minimum absolute atomic E-state index is 0.470. The summed E-state index contributed by atoms with van der Waals surface area (Å²) in [7, 11) is 3.61. The lowest BCUT2D eigenvalue weighted by molar-refractivity contribution is 0.0273. The molecule has 0 unspecified atom stereocenters. The van der Waals surface area contributed by atoms with Crippen LogP contribution in [-0.2, 0) is 14.2 Å². The molecule has 0 aromatic carbocycles. The molecule has 6 heteroatoms. The van der Waals surface area contributed by atoms with E-state index in [1.807, 2.05) is 7.11 Å². The maximum absolute atomic E-state index is 5.84. The first-order valence-electron chi connectivity index (χ1n) is 10.1. The molecule has 0 aromatic heterocycles. The third-order valence-corrected chi connectivity index (χ3v) is 5.47. The SMILES string of the molecule is COCCCN1CCN(CCCOCCN2CCC(OC)CC2)CC1. The molecule has 6 nitrogen and oxygen atoms in total. The van der Waals surface area contributed by atoms with E-state index in [-0.39, 0.29) is 0 Å². The normalized spacial score (nSPS) is 21.8. The Morgan fingerprint density at radius 2 is 1.24 bits per heavy atom. The number of piperidine rings is 1. The van der Waals surface area contributed by atoms with Gasteiger partial charge in [0.2, 0.25) is 0 Å². The van der Waals surface area contributed by atoms with Crippen molar-refractivity contribution in [1.29, 1.82) is 0 Å². The fourth-order valence-corrected chi connectivity index (χ4v) is 3.72. The zero-order valence-corrected chi connectivity index (χ0v) is 16.5. The molecule has 2 fully saturated rings. The van der Waals surface area contributed by atoms with Gasteiger partial charge in [0.15, 0.2) is 0 Å². The lowest BCUT2D eigenvalue weighted by Crippen LogP contribution is -2.47. The number of piperazine rings is 1. The number of ether oxygens (including phenoxy) is 3. The third-order valence-electron chi connectivity index (χ3n) is 5.47. The summed E-state index contributed by atoms with van der Waals surface area (Å²) >= 11 is 0. The van der Waals surface area contributed by atoms with Gasteiger partial charge in [-0.25, -0.2) is 0 Å². The molecule has 0 bridgehead atoms. The summed E-state index contributed by atoms with van der Waals surface area (Å²) in [5, 5.41) is 0. The number of rotatable bonds is 12. The van der Waals surface area contributed by atoms with Crippen LogP contribution in [0.5, 0.6) is 0 Å². The third kappa shape index (κ3) is 8.80. The fraction of sp³-hybridized carbons (Fsp3) is 1.00. The smallest absolute Gasteiger partial charge is 0.0595 e. The highest BCUT2D eigenvalue weighted by Gasteiger charge is 2.18. The highest BCUT2D eigenvalue weighted by molar-refractivity contribution is 4.73. The second kappa shape index (κ2) is 13.0. The van der Waals surface area contributed by atoms with E-state index in [2.05, 4.69) is 14.7 Å². The summed E-state index contributed by atoms with van der Waals surface area (Å²) in [6.45, 7) is 13.1. The Kier molecular flexibility index (Phi) is 11.0. The lowest BCUT2D eigenvalue weighted by Gasteiger charge is -2.34. The van der Waals surface area contributed by atoms with E-state index >= 15 is 0 Å². The van der Waals surface area contributed by atoms with Gasteiger partial charge in [-0.1, -0.05) is 0 Å². The first-order valence-corrected chi connectivity index (χ1v) is 10.1. The molecule has 2 rings (SSSR count). The van der Waals surface area contributed by atoms with Crippen LogP contribution in [0, 0.1) is 0 Å². The quantitative estimate of drug-likeness (QED) is 0.488. The average Bonchev–Trinajstić information content (AvgIpc) is 2.66. The summed E-state index contributed by atoms with van der Waals surface area (Å²) in [5.41, 5.74) is 0. The molecule has 0 saturated carbocycles. The standard InChI is InChI=1S/C19H39N3O3/c1-23-16-3-7-20-11-13-21(14-12-20)8-4-17-25-18-15-22-9-5-19(24-2)6-10-22/h19H,3-18H2,1-2H3. The Labute approximate surface area is 154 Å². The minimum atomic E-state index is 0.470. The molecule has 2 aliphatic heterocycles. The number of nitrogens with zero attached hydrogens (tertiary/aromatic N) is 3. The largest absolute Gasteiger partial charge is 0.385 e. The zero-order valence-electron chi connectivity index (χ0n) is 16.5. The van der Waals surface area contributed by atoms with Gasteiger partial charge in [0.05, 0.1) is 12.7 Å². The van der Waals surface area contributed by atoms with Crippen LogP contribution in [0.3, 0.4) is 0 Å². The van der Waals surface area contributed by atoms with Crippen molar-refractivity contribution in [3.05, 3.63) is 0 Å². The average molecular weight is 358 g/mol. The van der Waals surface area contributed by atoms with Crippen LogP contribution >= 0.6 is 0 Å². The molecular weight excluding hydrogens is 318 g/mol. The molecule has 0 spiro atoms. The van der Waals surface area contributed by atoms with E-state index in [0.29, 0.717) is 6.10 Å². The molecule has 0 radical (unpaired) electrons. The second-order valence-corrected chi connectivity index (χ2v) is 7.27. The van der Waals surface area contributed by atoms with Gasteiger partial charge in [-0.15, -0.1) is 0 Å². The molecule has 0 atom stereocenters. The molecule has 25 heavy (non-hydrogen) atoms. The van der Waals surface area contributed by atoms with Gasteiger partial charge in [-0.3, -0.25) is 0 Å². The Bertz CT molecular complexity index is 317. The molecular formula is C19H39N3O3. The summed E-state index contributed by atoms with van der Waals surface area (Å²) in [5.74, 6) is 0. The van der Waals surface area contributed by atoms with Crippen molar-refractivity contribution >= 4 is 0 Å². The van der Waals surface area contributed by atoms with Crippen molar-refractivity contribution in [3.8, 4) is 0 Å². The van der Waals surface area contributed by atoms with Crippen LogP contribution in [0.1, 0.15) is 25.7 Å². The number of hydrogen-bond acceptors (Lipinski definition) is 6. The summed E-state index contributed by atoms with van der Waals surface area (Å²) in [6, 6.07) is 0. The van der Waals surface area contributed by atoms with Crippen LogP contribution in [0.4, 0.5) is 0 Å². The molecule has 2 heterocycles. The molecule has 0 N–H and O–H groups in total. The van der Waals surface area contributed by atoms with E-state index in [4.69, 9.17) is 14.2 Å². The highest BCUT2D eigenvalue weighted by atomic mass is 16.5. The van der Waals surface area contributed by atoms with Crippen LogP contribution < -0.4 is 0 Å². The van der Waals surface area contributed by atoms with Gasteiger partial charge in [0.1, 0.15) is 0 Å². The predicted molar refractivity (Wildman–Crippen MR) is 101 cm³/mol. The van der Waals surface area contributed by atoms with Gasteiger partial charge in [-0.05, 0) is 25.7 Å². The topological polar surface area (TPSA) is 37.4 Å². The van der Waals surface area contributed by atoms with Gasteiger partial charge < -0.3 is 28.9 Å². The molecule has 0 amide bonds. The molecule has 0 aliphatic carbocycles. The van der Waals surface area contributed by atoms with Crippen molar-refractivity contribution < 1.29 is 14.2 Å². The summed E-state index contributed by atoms with van der Waals surface area (Å²) < 4.78 is 16.4. The van der Waals surface area contributed by atoms with Crippen LogP contribution in [-0.4, -0.2) is 114 Å². The van der Waals surface area contributed by atoms with E-state index in [0.717, 1.165) is 65.1 Å². The van der Waals surface area contributed by atoms with E-state index in [9.17, 15) is 0 Å². The lowest BCUT2D eigenvalue weighted by atomic mass is 10.1. The highest BCUT2D eigenvalue weighted by Crippen LogP contribution is 2.12. The van der Waals surface area contributed by atoms with Crippen LogP contribution in [0.2, 0.25) is 0 Å². The molecule has 0 aromatic rings. The number of likely N-dealkylation sites (tertiary alicyclic amines) is 1. The monoisotopic (exact) mass is 357 g/mol. The first kappa shape index (κ1) is 21.1. The van der Waals surface area contributed by atoms with E-state index < -0.39 is 0 Å². The van der Waals surface area contributed by atoms with Crippen molar-refractivity contribution in [2.24, 2.45) is 0 Å². The summed E-state index contributed by atoms with van der Waals surface area (Å²) in [4.78, 5) is 7.63. The number of methoxy groups -OCH3 is 2. The minimum Gasteiger partial charge on any atom is -0.385 e. The molecule has 2 aliphatic rings. The van der Waals surface area contributed by atoms with Crippen molar-refractivity contribution in [2.45, 2.75) is 31.8 Å². The van der Waals surface area contributed by atoms with Gasteiger partial charge in [0.25, 0.3) is 0 Å². The molecule has 2 saturated heterocycles. The van der Waals surface area contributed by atoms with E-state index in [1.165, 1.54) is 39.3 Å². The van der Waals surface area contributed by atoms with Crippen LogP contribution in [0.25, 0.3) is 0 Å². The van der Waals surface area contributed by atoms with Gasteiger partial charge in [0, 0.05) is 86.3 Å². The Morgan fingerprint density at radius 1 is 0.680 bits per heavy atom. The molecule has 148 valence electrons. The van der Waals surface area contributed by atoms with Gasteiger partial charge in [-0.2, -0.15) is 0 Å². The Hall–Kier alpha value is -0.240. The second-order valence-electron chi connectivity index (χ2n) is 7.27. The Balaban J connectivity index is 1.39. The zero-order chi connectivity index (χ0) is 17.7. The van der Waals surface area contributed by atoms with Crippen LogP contribution in [0.15, 0.2) is 0 Å². The van der Waals surface area contributed by atoms with Crippen molar-refractivity contribution in [3.63, 3.8) is 0 Å². The van der Waals surface area contributed by atoms with Crippen molar-refractivity contribution in [2.75, 3.05) is 92.9 Å². The predicted octanol–water partition coefficient (Wildman–Crippen LogP) is 1.16.